The zero-order chi connectivity index (χ0) is 18.9. The number of rotatable bonds is 8. The number of hydrazone groups is 1. The summed E-state index contributed by atoms with van der Waals surface area (Å²) in [7, 11) is 1.59. The molecule has 134 valence electrons. The molecule has 0 aliphatic rings. The molecule has 0 aliphatic heterocycles. The van der Waals surface area contributed by atoms with Crippen molar-refractivity contribution in [2.75, 3.05) is 19.1 Å². The highest BCUT2D eigenvalue weighted by atomic mass is 79.9. The Bertz CT molecular complexity index is 859. The second-order valence-corrected chi connectivity index (χ2v) is 6.21. The molecule has 26 heavy (non-hydrogen) atoms. The molecule has 1 N–H and O–H groups in total. The van der Waals surface area contributed by atoms with Gasteiger partial charge in [-0.15, -0.1) is 0 Å². The monoisotopic (exact) mass is 414 g/mol. The van der Waals surface area contributed by atoms with Gasteiger partial charge in [0.05, 0.1) is 17.3 Å². The fraction of sp³-hybridized carbons (Fsp3) is 0.211. The number of methoxy groups -OCH3 is 1. The first-order chi connectivity index (χ1) is 12.6. The number of hydrogen-bond acceptors (Lipinski definition) is 6. The van der Waals surface area contributed by atoms with Gasteiger partial charge >= 0.3 is 0 Å². The normalized spacial score (nSPS) is 10.5. The van der Waals surface area contributed by atoms with Gasteiger partial charge in [-0.25, -0.2) is 4.98 Å². The second kappa shape index (κ2) is 9.70. The summed E-state index contributed by atoms with van der Waals surface area (Å²) in [5, 5.41) is 13.6. The van der Waals surface area contributed by atoms with Crippen molar-refractivity contribution >= 4 is 28.0 Å². The molecule has 0 fully saturated rings. The van der Waals surface area contributed by atoms with Gasteiger partial charge in [-0.1, -0.05) is 12.7 Å². The van der Waals surface area contributed by atoms with Crippen molar-refractivity contribution < 1.29 is 9.47 Å². The summed E-state index contributed by atoms with van der Waals surface area (Å²) in [5.74, 6) is 1.13. The van der Waals surface area contributed by atoms with Crippen LogP contribution in [0.4, 0.5) is 5.82 Å². The molecule has 0 atom stereocenters. The van der Waals surface area contributed by atoms with Gasteiger partial charge in [0.25, 0.3) is 0 Å². The number of ether oxygens (including phenoxy) is 2. The molecule has 0 saturated heterocycles. The van der Waals surface area contributed by atoms with Crippen molar-refractivity contribution in [1.82, 2.24) is 4.98 Å². The van der Waals surface area contributed by atoms with Crippen molar-refractivity contribution in [3.8, 4) is 11.8 Å². The molecule has 0 radical (unpaired) electrons. The molecule has 1 heterocycles. The van der Waals surface area contributed by atoms with E-state index in [0.717, 1.165) is 27.0 Å². The first-order valence-electron chi connectivity index (χ1n) is 7.81. The van der Waals surface area contributed by atoms with Crippen molar-refractivity contribution in [3.63, 3.8) is 0 Å². The molecule has 0 unspecified atom stereocenters. The highest BCUT2D eigenvalue weighted by Crippen LogP contribution is 2.25. The minimum absolute atomic E-state index is 0.337. The third-order valence-corrected chi connectivity index (χ3v) is 3.96. The predicted octanol–water partition coefficient (Wildman–Crippen LogP) is 4.18. The Morgan fingerprint density at radius 1 is 1.42 bits per heavy atom. The van der Waals surface area contributed by atoms with Gasteiger partial charge in [0.1, 0.15) is 24.0 Å². The Hall–Kier alpha value is -2.69. The molecular formula is C19H19BrN4O2. The lowest BCUT2D eigenvalue weighted by atomic mass is 10.1. The van der Waals surface area contributed by atoms with Crippen molar-refractivity contribution in [2.24, 2.45) is 5.10 Å². The van der Waals surface area contributed by atoms with Crippen LogP contribution in [0.15, 0.2) is 46.5 Å². The van der Waals surface area contributed by atoms with Gasteiger partial charge in [0, 0.05) is 18.4 Å². The van der Waals surface area contributed by atoms with Crippen LogP contribution in [0, 0.1) is 18.3 Å². The lowest BCUT2D eigenvalue weighted by Gasteiger charge is -2.09. The van der Waals surface area contributed by atoms with Crippen LogP contribution >= 0.6 is 15.9 Å². The number of halogens is 1. The standard InChI is InChI=1S/C19H19BrN4O2/c1-4-7-26-18-6-5-14(9-17(18)20)11-22-24-19-16(10-21)15(12-25-3)8-13(2)23-19/h4-6,8-9,11H,1,7,12H2,2-3H3,(H,23,24)/b22-11-. The Kier molecular flexibility index (Phi) is 7.33. The first-order valence-corrected chi connectivity index (χ1v) is 8.60. The van der Waals surface area contributed by atoms with Gasteiger partial charge in [-0.2, -0.15) is 10.4 Å². The van der Waals surface area contributed by atoms with E-state index >= 15 is 0 Å². The largest absolute Gasteiger partial charge is 0.488 e. The summed E-state index contributed by atoms with van der Waals surface area (Å²) < 4.78 is 11.5. The van der Waals surface area contributed by atoms with Crippen LogP contribution in [0.3, 0.4) is 0 Å². The molecule has 1 aromatic heterocycles. The number of hydrogen-bond donors (Lipinski definition) is 1. The first kappa shape index (κ1) is 19.6. The van der Waals surface area contributed by atoms with E-state index in [2.05, 4.69) is 44.1 Å². The van der Waals surface area contributed by atoms with E-state index in [0.29, 0.717) is 24.6 Å². The lowest BCUT2D eigenvalue weighted by Crippen LogP contribution is -2.03. The van der Waals surface area contributed by atoms with Crippen LogP contribution in [0.25, 0.3) is 0 Å². The zero-order valence-electron chi connectivity index (χ0n) is 14.6. The maximum absolute atomic E-state index is 9.41. The average Bonchev–Trinajstić information content (AvgIpc) is 2.61. The number of nitrogens with one attached hydrogen (secondary N) is 1. The van der Waals surface area contributed by atoms with Crippen molar-refractivity contribution in [1.29, 1.82) is 5.26 Å². The SMILES string of the molecule is C=CCOc1ccc(/C=N\Nc2nc(C)cc(COC)c2C#N)cc1Br. The number of pyridine rings is 1. The van der Waals surface area contributed by atoms with Crippen LogP contribution in [0.5, 0.6) is 5.75 Å². The van der Waals surface area contributed by atoms with Crippen LogP contribution in [-0.4, -0.2) is 24.9 Å². The number of aromatic nitrogens is 1. The Morgan fingerprint density at radius 2 is 2.23 bits per heavy atom. The molecule has 1 aromatic carbocycles. The minimum atomic E-state index is 0.337. The molecule has 2 rings (SSSR count). The molecule has 2 aromatic rings. The Labute approximate surface area is 161 Å². The predicted molar refractivity (Wildman–Crippen MR) is 105 cm³/mol. The third kappa shape index (κ3) is 5.15. The van der Waals surface area contributed by atoms with Gasteiger partial charge in [-0.05, 0) is 52.7 Å². The second-order valence-electron chi connectivity index (χ2n) is 5.35. The Morgan fingerprint density at radius 3 is 2.88 bits per heavy atom. The van der Waals surface area contributed by atoms with E-state index in [1.165, 1.54) is 0 Å². The van der Waals surface area contributed by atoms with Gasteiger partial charge < -0.3 is 9.47 Å². The van der Waals surface area contributed by atoms with Gasteiger partial charge in [0.15, 0.2) is 5.82 Å². The number of anilines is 1. The summed E-state index contributed by atoms with van der Waals surface area (Å²) in [6.07, 6.45) is 3.33. The third-order valence-electron chi connectivity index (χ3n) is 3.34. The molecular weight excluding hydrogens is 396 g/mol. The quantitative estimate of drug-likeness (QED) is 0.398. The van der Waals surface area contributed by atoms with Crippen LogP contribution in [-0.2, 0) is 11.3 Å². The molecule has 7 heteroatoms. The van der Waals surface area contributed by atoms with E-state index in [-0.39, 0.29) is 0 Å². The Balaban J connectivity index is 2.17. The number of aryl methyl sites for hydroxylation is 1. The van der Waals surface area contributed by atoms with E-state index in [4.69, 9.17) is 9.47 Å². The van der Waals surface area contributed by atoms with Crippen LogP contribution in [0.2, 0.25) is 0 Å². The minimum Gasteiger partial charge on any atom is -0.488 e. The highest BCUT2D eigenvalue weighted by Gasteiger charge is 2.10. The zero-order valence-corrected chi connectivity index (χ0v) is 16.2. The van der Waals surface area contributed by atoms with E-state index in [9.17, 15) is 5.26 Å². The number of nitrogens with zero attached hydrogens (tertiary/aromatic N) is 3. The summed E-state index contributed by atoms with van der Waals surface area (Å²) >= 11 is 3.46. The van der Waals surface area contributed by atoms with E-state index in [1.54, 1.807) is 19.4 Å². The van der Waals surface area contributed by atoms with Gasteiger partial charge in [-0.3, -0.25) is 5.43 Å². The van der Waals surface area contributed by atoms with Gasteiger partial charge in [0.2, 0.25) is 0 Å². The summed E-state index contributed by atoms with van der Waals surface area (Å²) in [6.45, 7) is 6.25. The highest BCUT2D eigenvalue weighted by molar-refractivity contribution is 9.10. The molecule has 0 aliphatic carbocycles. The summed E-state index contributed by atoms with van der Waals surface area (Å²) in [5.41, 5.74) is 5.67. The average molecular weight is 415 g/mol. The molecule has 0 spiro atoms. The summed E-state index contributed by atoms with van der Waals surface area (Å²) in [6, 6.07) is 9.58. The fourth-order valence-corrected chi connectivity index (χ4v) is 2.76. The molecule has 0 amide bonds. The lowest BCUT2D eigenvalue weighted by molar-refractivity contribution is 0.184. The van der Waals surface area contributed by atoms with Crippen LogP contribution in [0.1, 0.15) is 22.4 Å². The number of nitriles is 1. The molecule has 0 bridgehead atoms. The maximum Gasteiger partial charge on any atom is 0.164 e. The maximum atomic E-state index is 9.41. The van der Waals surface area contributed by atoms with Crippen LogP contribution < -0.4 is 10.2 Å². The number of benzene rings is 1. The van der Waals surface area contributed by atoms with E-state index in [1.807, 2.05) is 31.2 Å². The van der Waals surface area contributed by atoms with Crippen molar-refractivity contribution in [3.05, 3.63) is 63.8 Å². The van der Waals surface area contributed by atoms with E-state index < -0.39 is 0 Å². The fourth-order valence-electron chi connectivity index (χ4n) is 2.25. The summed E-state index contributed by atoms with van der Waals surface area (Å²) in [4.78, 5) is 4.34. The smallest absolute Gasteiger partial charge is 0.164 e. The topological polar surface area (TPSA) is 79.5 Å². The molecule has 6 nitrogen and oxygen atoms in total. The molecule has 0 saturated carbocycles. The van der Waals surface area contributed by atoms with Crippen molar-refractivity contribution in [2.45, 2.75) is 13.5 Å².